The van der Waals surface area contributed by atoms with E-state index in [4.69, 9.17) is 4.74 Å². The number of nitrogens with one attached hydrogen (secondary N) is 2. The molecule has 0 bridgehead atoms. The Hall–Kier alpha value is -2.54. The van der Waals surface area contributed by atoms with Crippen LogP contribution >= 0.6 is 12.6 Å². The monoisotopic (exact) mass is 348 g/mol. The number of hydrogen-bond acceptors (Lipinski definition) is 4. The molecule has 2 aromatic carbocycles. The van der Waals surface area contributed by atoms with Gasteiger partial charge < -0.3 is 15.4 Å². The molecule has 0 saturated heterocycles. The van der Waals surface area contributed by atoms with Gasteiger partial charge in [0, 0.05) is 17.9 Å². The molecule has 2 amide bonds. The summed E-state index contributed by atoms with van der Waals surface area (Å²) in [7, 11) is 1.53. The van der Waals surface area contributed by atoms with Gasteiger partial charge in [-0.2, -0.15) is 12.6 Å². The van der Waals surface area contributed by atoms with Crippen molar-refractivity contribution in [3.63, 3.8) is 0 Å². The van der Waals surface area contributed by atoms with Gasteiger partial charge in [0.05, 0.1) is 18.4 Å². The van der Waals surface area contributed by atoms with Crippen LogP contribution in [-0.4, -0.2) is 31.2 Å². The van der Waals surface area contributed by atoms with Gasteiger partial charge >= 0.3 is 0 Å². The molecule has 0 aliphatic carbocycles. The van der Waals surface area contributed by atoms with Gasteiger partial charge in [-0.05, 0) is 42.5 Å². The Morgan fingerprint density at radius 1 is 1.12 bits per heavy atom. The van der Waals surface area contributed by atoms with Crippen molar-refractivity contribution in [3.05, 3.63) is 59.4 Å². The Morgan fingerprint density at radius 2 is 1.83 bits per heavy atom. The van der Waals surface area contributed by atoms with Crippen molar-refractivity contribution < 1.29 is 18.7 Å². The molecule has 0 aromatic heterocycles. The quantitative estimate of drug-likeness (QED) is 0.703. The van der Waals surface area contributed by atoms with E-state index in [-0.39, 0.29) is 11.3 Å². The number of ether oxygens (including phenoxy) is 1. The highest BCUT2D eigenvalue weighted by molar-refractivity contribution is 7.80. The van der Waals surface area contributed by atoms with Crippen molar-refractivity contribution in [2.24, 2.45) is 0 Å². The van der Waals surface area contributed by atoms with Crippen LogP contribution in [0.4, 0.5) is 10.1 Å². The highest BCUT2D eigenvalue weighted by atomic mass is 32.1. The molecule has 0 radical (unpaired) electrons. The average Bonchev–Trinajstić information content (AvgIpc) is 2.59. The number of hydrogen-bond donors (Lipinski definition) is 3. The number of carbonyl (C=O) groups excluding carboxylic acids is 2. The van der Waals surface area contributed by atoms with Gasteiger partial charge in [-0.15, -0.1) is 0 Å². The summed E-state index contributed by atoms with van der Waals surface area (Å²) in [5.41, 5.74) is 0.648. The zero-order valence-electron chi connectivity index (χ0n) is 13.0. The summed E-state index contributed by atoms with van der Waals surface area (Å²) in [6.45, 7) is 0.366. The van der Waals surface area contributed by atoms with Gasteiger partial charge in [0.2, 0.25) is 0 Å². The molecule has 0 aliphatic rings. The molecule has 2 aromatic rings. The molecular weight excluding hydrogens is 331 g/mol. The number of carbonyl (C=O) groups is 2. The summed E-state index contributed by atoms with van der Waals surface area (Å²) in [5, 5.41) is 5.19. The number of thiol groups is 1. The highest BCUT2D eigenvalue weighted by Crippen LogP contribution is 2.19. The second-order valence-electron chi connectivity index (χ2n) is 4.85. The van der Waals surface area contributed by atoms with E-state index in [1.165, 1.54) is 19.2 Å². The van der Waals surface area contributed by atoms with Gasteiger partial charge in [0.15, 0.2) is 0 Å². The highest BCUT2D eigenvalue weighted by Gasteiger charge is 2.15. The summed E-state index contributed by atoms with van der Waals surface area (Å²) < 4.78 is 18.5. The van der Waals surface area contributed by atoms with E-state index in [1.54, 1.807) is 24.3 Å². The Kier molecular flexibility index (Phi) is 6.20. The lowest BCUT2D eigenvalue weighted by Gasteiger charge is -2.12. The van der Waals surface area contributed by atoms with E-state index in [1.807, 2.05) is 0 Å². The minimum Gasteiger partial charge on any atom is -0.497 e. The minimum absolute atomic E-state index is 0.104. The standard InChI is InChI=1S/C17H17FN2O3S/c1-23-13-5-2-11(3-6-13)16(21)20-15-10-12(18)4-7-14(15)17(22)19-8-9-24/h2-7,10,24H,8-9H2,1H3,(H,19,22)(H,20,21). The van der Waals surface area contributed by atoms with Gasteiger partial charge in [-0.25, -0.2) is 4.39 Å². The van der Waals surface area contributed by atoms with Crippen molar-refractivity contribution in [2.75, 3.05) is 24.7 Å². The fourth-order valence-electron chi connectivity index (χ4n) is 2.02. The molecule has 0 unspecified atom stereocenters. The number of methoxy groups -OCH3 is 1. The van der Waals surface area contributed by atoms with Crippen LogP contribution < -0.4 is 15.4 Å². The molecule has 5 nitrogen and oxygen atoms in total. The number of halogens is 1. The SMILES string of the molecule is COc1ccc(C(=O)Nc2cc(F)ccc2C(=O)NCCS)cc1. The normalized spacial score (nSPS) is 10.1. The van der Waals surface area contributed by atoms with Crippen LogP contribution in [0.1, 0.15) is 20.7 Å². The smallest absolute Gasteiger partial charge is 0.255 e. The average molecular weight is 348 g/mol. The molecule has 0 heterocycles. The van der Waals surface area contributed by atoms with E-state index in [2.05, 4.69) is 23.3 Å². The van der Waals surface area contributed by atoms with E-state index in [9.17, 15) is 14.0 Å². The summed E-state index contributed by atoms with van der Waals surface area (Å²) in [6, 6.07) is 10.0. The van der Waals surface area contributed by atoms with Crippen LogP contribution in [0.3, 0.4) is 0 Å². The van der Waals surface area contributed by atoms with Crippen LogP contribution in [0.15, 0.2) is 42.5 Å². The first-order valence-corrected chi connectivity index (χ1v) is 7.82. The van der Waals surface area contributed by atoms with E-state index >= 15 is 0 Å². The molecule has 24 heavy (non-hydrogen) atoms. The summed E-state index contributed by atoms with van der Waals surface area (Å²) in [4.78, 5) is 24.4. The first-order chi connectivity index (χ1) is 11.5. The number of benzene rings is 2. The number of amides is 2. The topological polar surface area (TPSA) is 67.4 Å². The maximum atomic E-state index is 13.5. The van der Waals surface area contributed by atoms with Crippen molar-refractivity contribution in [2.45, 2.75) is 0 Å². The fraction of sp³-hybridized carbons (Fsp3) is 0.176. The molecule has 0 aliphatic heterocycles. The van der Waals surface area contributed by atoms with Crippen LogP contribution in [0.2, 0.25) is 0 Å². The predicted octanol–water partition coefficient (Wildman–Crippen LogP) is 2.75. The largest absolute Gasteiger partial charge is 0.497 e. The molecule has 0 fully saturated rings. The maximum absolute atomic E-state index is 13.5. The van der Waals surface area contributed by atoms with Crippen molar-refractivity contribution in [3.8, 4) is 5.75 Å². The Morgan fingerprint density at radius 3 is 2.46 bits per heavy atom. The summed E-state index contributed by atoms with van der Waals surface area (Å²) in [5.74, 6) is -0.323. The summed E-state index contributed by atoms with van der Waals surface area (Å²) in [6.07, 6.45) is 0. The Labute approximate surface area is 144 Å². The third-order valence-corrected chi connectivity index (χ3v) is 3.45. The van der Waals surface area contributed by atoms with E-state index in [0.717, 1.165) is 6.07 Å². The lowest BCUT2D eigenvalue weighted by Crippen LogP contribution is -2.27. The first kappa shape index (κ1) is 17.8. The predicted molar refractivity (Wildman–Crippen MR) is 93.5 cm³/mol. The summed E-state index contributed by atoms with van der Waals surface area (Å²) >= 11 is 4.01. The van der Waals surface area contributed by atoms with Gasteiger partial charge in [-0.3, -0.25) is 9.59 Å². The molecule has 2 N–H and O–H groups in total. The minimum atomic E-state index is -0.550. The van der Waals surface area contributed by atoms with Crippen LogP contribution in [0.5, 0.6) is 5.75 Å². The molecule has 0 atom stereocenters. The third-order valence-electron chi connectivity index (χ3n) is 3.22. The first-order valence-electron chi connectivity index (χ1n) is 7.19. The molecule has 0 spiro atoms. The van der Waals surface area contributed by atoms with Gasteiger partial charge in [0.1, 0.15) is 11.6 Å². The molecule has 0 saturated carbocycles. The van der Waals surface area contributed by atoms with Gasteiger partial charge in [0.25, 0.3) is 11.8 Å². The fourth-order valence-corrected chi connectivity index (χ4v) is 2.13. The number of anilines is 1. The third kappa shape index (κ3) is 4.48. The van der Waals surface area contributed by atoms with Crippen LogP contribution in [0.25, 0.3) is 0 Å². The number of rotatable bonds is 6. The Bertz CT molecular complexity index is 735. The lowest BCUT2D eigenvalue weighted by atomic mass is 10.1. The zero-order chi connectivity index (χ0) is 17.5. The second kappa shape index (κ2) is 8.35. The van der Waals surface area contributed by atoms with Crippen LogP contribution in [0, 0.1) is 5.82 Å². The second-order valence-corrected chi connectivity index (χ2v) is 5.30. The zero-order valence-corrected chi connectivity index (χ0v) is 13.9. The molecular formula is C17H17FN2O3S. The van der Waals surface area contributed by atoms with Crippen molar-refractivity contribution in [1.82, 2.24) is 5.32 Å². The van der Waals surface area contributed by atoms with E-state index in [0.29, 0.717) is 23.6 Å². The lowest BCUT2D eigenvalue weighted by molar-refractivity contribution is 0.0957. The van der Waals surface area contributed by atoms with E-state index < -0.39 is 17.6 Å². The Balaban J connectivity index is 2.22. The van der Waals surface area contributed by atoms with Crippen molar-refractivity contribution >= 4 is 30.1 Å². The molecule has 126 valence electrons. The van der Waals surface area contributed by atoms with Crippen molar-refractivity contribution in [1.29, 1.82) is 0 Å². The maximum Gasteiger partial charge on any atom is 0.255 e. The molecule has 7 heteroatoms. The van der Waals surface area contributed by atoms with Gasteiger partial charge in [-0.1, -0.05) is 0 Å². The molecule has 2 rings (SSSR count). The van der Waals surface area contributed by atoms with Crippen LogP contribution in [-0.2, 0) is 0 Å².